The summed E-state index contributed by atoms with van der Waals surface area (Å²) in [6.45, 7) is 9.48. The van der Waals surface area contributed by atoms with E-state index in [4.69, 9.17) is 9.15 Å². The Bertz CT molecular complexity index is 1280. The van der Waals surface area contributed by atoms with Gasteiger partial charge in [0.05, 0.1) is 28.6 Å². The molecule has 1 amide bonds. The third-order valence-corrected chi connectivity index (χ3v) is 5.46. The number of carbonyl (C=O) groups is 2. The molecule has 2 heterocycles. The van der Waals surface area contributed by atoms with Gasteiger partial charge in [0.2, 0.25) is 0 Å². The Hall–Kier alpha value is -3.93. The van der Waals surface area contributed by atoms with Crippen LogP contribution in [0, 0.1) is 13.8 Å². The Morgan fingerprint density at radius 2 is 1.73 bits per heavy atom. The molecule has 6 heteroatoms. The summed E-state index contributed by atoms with van der Waals surface area (Å²) >= 11 is 0. The van der Waals surface area contributed by atoms with Crippen molar-refractivity contribution in [1.82, 2.24) is 0 Å². The van der Waals surface area contributed by atoms with Gasteiger partial charge in [-0.25, -0.2) is 4.79 Å². The second-order valence-corrected chi connectivity index (χ2v) is 8.36. The number of hydrogen-bond donors (Lipinski definition) is 0. The summed E-state index contributed by atoms with van der Waals surface area (Å²) in [4.78, 5) is 25.1. The van der Waals surface area contributed by atoms with E-state index in [1.54, 1.807) is 18.2 Å². The van der Waals surface area contributed by atoms with Crippen molar-refractivity contribution in [3.8, 4) is 11.3 Å². The fourth-order valence-corrected chi connectivity index (χ4v) is 3.50. The predicted molar refractivity (Wildman–Crippen MR) is 129 cm³/mol. The Morgan fingerprint density at radius 3 is 2.39 bits per heavy atom. The van der Waals surface area contributed by atoms with Gasteiger partial charge in [-0.15, -0.1) is 0 Å². The first-order valence-corrected chi connectivity index (χ1v) is 10.8. The molecule has 0 N–H and O–H groups in total. The van der Waals surface area contributed by atoms with E-state index in [-0.39, 0.29) is 18.0 Å². The molecule has 0 saturated carbocycles. The van der Waals surface area contributed by atoms with E-state index in [1.807, 2.05) is 77.1 Å². The number of aryl methyl sites for hydroxylation is 2. The number of amides is 1. The molecule has 168 valence electrons. The zero-order valence-electron chi connectivity index (χ0n) is 19.4. The highest BCUT2D eigenvalue weighted by molar-refractivity contribution is 6.32. The number of hydrazone groups is 1. The van der Waals surface area contributed by atoms with Crippen LogP contribution in [0.25, 0.3) is 17.4 Å². The Labute approximate surface area is 193 Å². The molecule has 1 aromatic heterocycles. The van der Waals surface area contributed by atoms with Crippen molar-refractivity contribution in [1.29, 1.82) is 0 Å². The molecule has 0 fully saturated rings. The molecule has 1 aliphatic heterocycles. The zero-order chi connectivity index (χ0) is 23.7. The molecule has 2 aromatic carbocycles. The minimum absolute atomic E-state index is 0.172. The van der Waals surface area contributed by atoms with Crippen LogP contribution in [0.5, 0.6) is 0 Å². The van der Waals surface area contributed by atoms with E-state index < -0.39 is 0 Å². The Kier molecular flexibility index (Phi) is 6.01. The van der Waals surface area contributed by atoms with Gasteiger partial charge in [-0.2, -0.15) is 10.1 Å². The topological polar surface area (TPSA) is 72.1 Å². The van der Waals surface area contributed by atoms with Crippen LogP contribution in [0.4, 0.5) is 5.69 Å². The molecular formula is C27H26N2O4. The van der Waals surface area contributed by atoms with E-state index >= 15 is 0 Å². The lowest BCUT2D eigenvalue weighted by Gasteiger charge is -2.13. The van der Waals surface area contributed by atoms with Gasteiger partial charge >= 0.3 is 5.97 Å². The average molecular weight is 443 g/mol. The smallest absolute Gasteiger partial charge is 0.338 e. The van der Waals surface area contributed by atoms with E-state index in [9.17, 15) is 9.59 Å². The first-order chi connectivity index (χ1) is 15.7. The van der Waals surface area contributed by atoms with Crippen LogP contribution in [0.3, 0.4) is 0 Å². The average Bonchev–Trinajstić information content (AvgIpc) is 3.36. The molecule has 0 aliphatic carbocycles. The quantitative estimate of drug-likeness (QED) is 0.362. The Morgan fingerprint density at radius 1 is 1.00 bits per heavy atom. The largest absolute Gasteiger partial charge is 0.459 e. The van der Waals surface area contributed by atoms with E-state index in [0.717, 1.165) is 22.4 Å². The van der Waals surface area contributed by atoms with E-state index in [0.29, 0.717) is 28.4 Å². The zero-order valence-corrected chi connectivity index (χ0v) is 19.4. The van der Waals surface area contributed by atoms with Crippen LogP contribution in [-0.2, 0) is 9.53 Å². The van der Waals surface area contributed by atoms with Crippen LogP contribution in [0.2, 0.25) is 0 Å². The van der Waals surface area contributed by atoms with Crippen LogP contribution in [-0.4, -0.2) is 23.7 Å². The third kappa shape index (κ3) is 4.65. The van der Waals surface area contributed by atoms with Crippen molar-refractivity contribution in [2.24, 2.45) is 5.10 Å². The van der Waals surface area contributed by atoms with E-state index in [2.05, 4.69) is 5.10 Å². The fourth-order valence-electron chi connectivity index (χ4n) is 3.50. The number of rotatable bonds is 5. The van der Waals surface area contributed by atoms with Crippen molar-refractivity contribution >= 4 is 29.4 Å². The monoisotopic (exact) mass is 442 g/mol. The molecule has 4 rings (SSSR count). The summed E-state index contributed by atoms with van der Waals surface area (Å²) < 4.78 is 11.2. The normalized spacial score (nSPS) is 14.8. The number of nitrogens with zero attached hydrogens (tertiary/aromatic N) is 2. The lowest BCUT2D eigenvalue weighted by molar-refractivity contribution is -0.114. The van der Waals surface area contributed by atoms with Crippen molar-refractivity contribution in [2.45, 2.75) is 40.7 Å². The maximum absolute atomic E-state index is 13.0. The summed E-state index contributed by atoms with van der Waals surface area (Å²) in [5, 5.41) is 5.87. The Balaban J connectivity index is 1.53. The molecule has 0 unspecified atom stereocenters. The van der Waals surface area contributed by atoms with Gasteiger partial charge in [0, 0.05) is 5.56 Å². The van der Waals surface area contributed by atoms with Crippen LogP contribution in [0.1, 0.15) is 48.0 Å². The molecule has 3 aromatic rings. The summed E-state index contributed by atoms with van der Waals surface area (Å²) in [7, 11) is 0. The number of esters is 1. The summed E-state index contributed by atoms with van der Waals surface area (Å²) in [6.07, 6.45) is 1.54. The highest BCUT2D eigenvalue weighted by Gasteiger charge is 2.29. The molecule has 0 bridgehead atoms. The minimum Gasteiger partial charge on any atom is -0.459 e. The summed E-state index contributed by atoms with van der Waals surface area (Å²) in [6, 6.07) is 16.5. The second kappa shape index (κ2) is 8.90. The highest BCUT2D eigenvalue weighted by atomic mass is 16.5. The van der Waals surface area contributed by atoms with Gasteiger partial charge in [-0.3, -0.25) is 4.79 Å². The number of carbonyl (C=O) groups excluding carboxylic acids is 2. The van der Waals surface area contributed by atoms with Crippen molar-refractivity contribution in [2.75, 3.05) is 5.01 Å². The lowest BCUT2D eigenvalue weighted by Crippen LogP contribution is -2.21. The van der Waals surface area contributed by atoms with Crippen molar-refractivity contribution < 1.29 is 18.7 Å². The van der Waals surface area contributed by atoms with Crippen molar-refractivity contribution in [3.63, 3.8) is 0 Å². The van der Waals surface area contributed by atoms with Crippen molar-refractivity contribution in [3.05, 3.63) is 82.6 Å². The third-order valence-electron chi connectivity index (χ3n) is 5.46. The molecule has 0 spiro atoms. The molecule has 0 saturated heterocycles. The van der Waals surface area contributed by atoms with Gasteiger partial charge < -0.3 is 9.15 Å². The first kappa shape index (κ1) is 22.3. The fraction of sp³-hybridized carbons (Fsp3) is 0.222. The van der Waals surface area contributed by atoms with Gasteiger partial charge in [0.15, 0.2) is 0 Å². The number of hydrogen-bond acceptors (Lipinski definition) is 5. The molecule has 0 radical (unpaired) electrons. The van der Waals surface area contributed by atoms with E-state index in [1.165, 1.54) is 5.01 Å². The summed E-state index contributed by atoms with van der Waals surface area (Å²) in [5.74, 6) is 0.635. The summed E-state index contributed by atoms with van der Waals surface area (Å²) in [5.41, 5.74) is 5.42. The van der Waals surface area contributed by atoms with Gasteiger partial charge in [0.25, 0.3) is 5.91 Å². The van der Waals surface area contributed by atoms with Gasteiger partial charge in [-0.05, 0) is 88.2 Å². The number of ether oxygens (including phenoxy) is 1. The van der Waals surface area contributed by atoms with Crippen LogP contribution < -0.4 is 5.01 Å². The van der Waals surface area contributed by atoms with Crippen LogP contribution in [0.15, 0.2) is 69.7 Å². The van der Waals surface area contributed by atoms with Gasteiger partial charge in [-0.1, -0.05) is 18.2 Å². The number of benzene rings is 2. The standard InChI is InChI=1S/C27H26N2O4/c1-16(2)32-27(31)21-9-7-20(8-10-21)25-13-12-23(33-25)15-24-19(5)28-29(26(24)30)22-11-6-17(3)18(4)14-22/h6-16H,1-5H3/b24-15-. The van der Waals surface area contributed by atoms with Gasteiger partial charge in [0.1, 0.15) is 11.5 Å². The highest BCUT2D eigenvalue weighted by Crippen LogP contribution is 2.28. The number of anilines is 1. The lowest BCUT2D eigenvalue weighted by atomic mass is 10.1. The van der Waals surface area contributed by atoms with Crippen LogP contribution >= 0.6 is 0 Å². The number of furan rings is 1. The molecule has 33 heavy (non-hydrogen) atoms. The minimum atomic E-state index is -0.357. The first-order valence-electron chi connectivity index (χ1n) is 10.8. The maximum atomic E-state index is 13.0. The SMILES string of the molecule is CC1=NN(c2ccc(C)c(C)c2)C(=O)/C1=C\c1ccc(-c2ccc(C(=O)OC(C)C)cc2)o1. The molecule has 0 atom stereocenters. The molecule has 1 aliphatic rings. The predicted octanol–water partition coefficient (Wildman–Crippen LogP) is 5.93. The second-order valence-electron chi connectivity index (χ2n) is 8.36. The molecule has 6 nitrogen and oxygen atoms in total. The maximum Gasteiger partial charge on any atom is 0.338 e. The molecular weight excluding hydrogens is 416 g/mol.